The van der Waals surface area contributed by atoms with Crippen LogP contribution in [0.2, 0.25) is 5.02 Å². The lowest BCUT2D eigenvalue weighted by atomic mass is 10.0. The van der Waals surface area contributed by atoms with Crippen LogP contribution in [0, 0.1) is 25.1 Å². The standard InChI is InChI=1S/C10H6ClFO2/c1-3-6-4-7(10(13)14)8(11)9(12)5(6)2/h1,4H,2H3,(H,13,14). The van der Waals surface area contributed by atoms with E-state index in [1.807, 2.05) is 0 Å². The van der Waals surface area contributed by atoms with Crippen molar-refractivity contribution in [2.75, 3.05) is 0 Å². The van der Waals surface area contributed by atoms with E-state index in [1.54, 1.807) is 0 Å². The zero-order chi connectivity index (χ0) is 10.9. The van der Waals surface area contributed by atoms with Gasteiger partial charge in [-0.05, 0) is 13.0 Å². The molecule has 1 aromatic rings. The highest BCUT2D eigenvalue weighted by Gasteiger charge is 2.17. The van der Waals surface area contributed by atoms with Crippen LogP contribution in [0.3, 0.4) is 0 Å². The van der Waals surface area contributed by atoms with E-state index in [9.17, 15) is 9.18 Å². The molecule has 14 heavy (non-hydrogen) atoms. The largest absolute Gasteiger partial charge is 0.478 e. The SMILES string of the molecule is C#Cc1cc(C(=O)O)c(Cl)c(F)c1C. The van der Waals surface area contributed by atoms with E-state index in [2.05, 4.69) is 5.92 Å². The van der Waals surface area contributed by atoms with E-state index in [-0.39, 0.29) is 16.7 Å². The van der Waals surface area contributed by atoms with Gasteiger partial charge < -0.3 is 5.11 Å². The fraction of sp³-hybridized carbons (Fsp3) is 0.100. The third-order valence-corrected chi connectivity index (χ3v) is 2.21. The Kier molecular flexibility index (Phi) is 2.78. The lowest BCUT2D eigenvalue weighted by Gasteiger charge is -2.05. The minimum atomic E-state index is -1.30. The number of hydrogen-bond donors (Lipinski definition) is 1. The van der Waals surface area contributed by atoms with Crippen LogP contribution < -0.4 is 0 Å². The first kappa shape index (κ1) is 10.6. The molecule has 0 fully saturated rings. The van der Waals surface area contributed by atoms with Crippen molar-refractivity contribution in [1.82, 2.24) is 0 Å². The highest BCUT2D eigenvalue weighted by atomic mass is 35.5. The number of terminal acetylenes is 1. The van der Waals surface area contributed by atoms with Crippen LogP contribution in [0.15, 0.2) is 6.07 Å². The highest BCUT2D eigenvalue weighted by Crippen LogP contribution is 2.25. The van der Waals surface area contributed by atoms with Crippen molar-refractivity contribution >= 4 is 17.6 Å². The molecule has 0 atom stereocenters. The molecule has 1 aromatic carbocycles. The molecule has 0 bridgehead atoms. The summed E-state index contributed by atoms with van der Waals surface area (Å²) in [6.45, 7) is 1.45. The average Bonchev–Trinajstić information content (AvgIpc) is 2.14. The predicted molar refractivity (Wildman–Crippen MR) is 51.0 cm³/mol. The zero-order valence-electron chi connectivity index (χ0n) is 7.27. The third kappa shape index (κ3) is 1.57. The number of carbonyl (C=O) groups is 1. The van der Waals surface area contributed by atoms with Crippen molar-refractivity contribution in [2.45, 2.75) is 6.92 Å². The van der Waals surface area contributed by atoms with Crippen LogP contribution in [0.1, 0.15) is 21.5 Å². The fourth-order valence-corrected chi connectivity index (χ4v) is 1.30. The van der Waals surface area contributed by atoms with Gasteiger partial charge in [-0.2, -0.15) is 0 Å². The van der Waals surface area contributed by atoms with E-state index in [4.69, 9.17) is 23.1 Å². The summed E-state index contributed by atoms with van der Waals surface area (Å²) >= 11 is 5.50. The van der Waals surface area contributed by atoms with Crippen molar-refractivity contribution in [3.8, 4) is 12.3 Å². The Hall–Kier alpha value is -1.53. The normalized spacial score (nSPS) is 9.57. The number of carboxylic acid groups (broad SMARTS) is 1. The van der Waals surface area contributed by atoms with Gasteiger partial charge in [0.15, 0.2) is 0 Å². The molecule has 0 aliphatic heterocycles. The fourth-order valence-electron chi connectivity index (χ4n) is 1.02. The van der Waals surface area contributed by atoms with Gasteiger partial charge >= 0.3 is 5.97 Å². The Morgan fingerprint density at radius 1 is 1.71 bits per heavy atom. The van der Waals surface area contributed by atoms with Crippen LogP contribution in [0.25, 0.3) is 0 Å². The van der Waals surface area contributed by atoms with Gasteiger partial charge in [-0.3, -0.25) is 0 Å². The Labute approximate surface area is 85.3 Å². The molecule has 1 N–H and O–H groups in total. The maximum absolute atomic E-state index is 13.3. The maximum Gasteiger partial charge on any atom is 0.337 e. The van der Waals surface area contributed by atoms with Crippen molar-refractivity contribution < 1.29 is 14.3 Å². The molecule has 4 heteroatoms. The molecule has 2 nitrogen and oxygen atoms in total. The second-order valence-electron chi connectivity index (χ2n) is 2.67. The van der Waals surface area contributed by atoms with Crippen LogP contribution >= 0.6 is 11.6 Å². The van der Waals surface area contributed by atoms with E-state index in [0.29, 0.717) is 0 Å². The van der Waals surface area contributed by atoms with Crippen molar-refractivity contribution in [2.24, 2.45) is 0 Å². The summed E-state index contributed by atoms with van der Waals surface area (Å²) in [5, 5.41) is 8.27. The van der Waals surface area contributed by atoms with Gasteiger partial charge in [0.2, 0.25) is 0 Å². The number of halogens is 2. The van der Waals surface area contributed by atoms with E-state index >= 15 is 0 Å². The van der Waals surface area contributed by atoms with E-state index in [1.165, 1.54) is 13.0 Å². The van der Waals surface area contributed by atoms with Gasteiger partial charge in [0.05, 0.1) is 10.6 Å². The molecule has 0 amide bonds. The summed E-state index contributed by atoms with van der Waals surface area (Å²) < 4.78 is 13.3. The third-order valence-electron chi connectivity index (χ3n) is 1.84. The Morgan fingerprint density at radius 2 is 2.29 bits per heavy atom. The first-order valence-corrected chi connectivity index (χ1v) is 4.05. The topological polar surface area (TPSA) is 37.3 Å². The minimum Gasteiger partial charge on any atom is -0.478 e. The van der Waals surface area contributed by atoms with E-state index < -0.39 is 16.8 Å². The molecule has 0 saturated heterocycles. The maximum atomic E-state index is 13.3. The summed E-state index contributed by atoms with van der Waals surface area (Å²) in [5.41, 5.74) is 0.0644. The molecule has 0 aliphatic rings. The minimum absolute atomic E-state index is 0.183. The number of aromatic carboxylic acids is 1. The van der Waals surface area contributed by atoms with Gasteiger partial charge in [-0.25, -0.2) is 9.18 Å². The first-order chi connectivity index (χ1) is 6.49. The quantitative estimate of drug-likeness (QED) is 0.726. The number of hydrogen-bond acceptors (Lipinski definition) is 1. The summed E-state index contributed by atoms with van der Waals surface area (Å²) in [5.74, 6) is 0.118. The lowest BCUT2D eigenvalue weighted by Crippen LogP contribution is -2.02. The summed E-state index contributed by atoms with van der Waals surface area (Å²) in [6, 6.07) is 1.18. The number of benzene rings is 1. The van der Waals surface area contributed by atoms with Crippen molar-refractivity contribution in [1.29, 1.82) is 0 Å². The smallest absolute Gasteiger partial charge is 0.337 e. The lowest BCUT2D eigenvalue weighted by molar-refractivity contribution is 0.0696. The van der Waals surface area contributed by atoms with Gasteiger partial charge in [0.25, 0.3) is 0 Å². The van der Waals surface area contributed by atoms with Crippen LogP contribution in [0.5, 0.6) is 0 Å². The molecular formula is C10H6ClFO2. The van der Waals surface area contributed by atoms with Crippen LogP contribution in [-0.2, 0) is 0 Å². The van der Waals surface area contributed by atoms with Crippen molar-refractivity contribution in [3.05, 3.63) is 33.6 Å². The second-order valence-corrected chi connectivity index (χ2v) is 3.05. The Bertz CT molecular complexity index is 446. The molecule has 1 rings (SSSR count). The van der Waals surface area contributed by atoms with E-state index in [0.717, 1.165) is 0 Å². The highest BCUT2D eigenvalue weighted by molar-refractivity contribution is 6.33. The van der Waals surface area contributed by atoms with Crippen LogP contribution in [0.4, 0.5) is 4.39 Å². The second kappa shape index (κ2) is 3.69. The van der Waals surface area contributed by atoms with Crippen molar-refractivity contribution in [3.63, 3.8) is 0 Å². The zero-order valence-corrected chi connectivity index (χ0v) is 8.02. The average molecular weight is 213 g/mol. The monoisotopic (exact) mass is 212 g/mol. The number of rotatable bonds is 1. The van der Waals surface area contributed by atoms with Gasteiger partial charge in [0, 0.05) is 11.1 Å². The molecule has 0 unspecified atom stereocenters. The predicted octanol–water partition coefficient (Wildman–Crippen LogP) is 2.47. The number of carboxylic acids is 1. The molecule has 0 aliphatic carbocycles. The molecule has 0 aromatic heterocycles. The summed E-state index contributed by atoms with van der Waals surface area (Å²) in [6.07, 6.45) is 5.09. The molecule has 0 saturated carbocycles. The molecule has 0 heterocycles. The van der Waals surface area contributed by atoms with Gasteiger partial charge in [0.1, 0.15) is 5.82 Å². The first-order valence-electron chi connectivity index (χ1n) is 3.67. The summed E-state index contributed by atoms with van der Waals surface area (Å²) in [7, 11) is 0. The Morgan fingerprint density at radius 3 is 2.71 bits per heavy atom. The Balaban J connectivity index is 3.59. The van der Waals surface area contributed by atoms with Crippen LogP contribution in [-0.4, -0.2) is 11.1 Å². The molecule has 72 valence electrons. The molecular weight excluding hydrogens is 207 g/mol. The van der Waals surface area contributed by atoms with Gasteiger partial charge in [-0.1, -0.05) is 17.5 Å². The van der Waals surface area contributed by atoms with Gasteiger partial charge in [-0.15, -0.1) is 6.42 Å². The molecule has 0 spiro atoms. The summed E-state index contributed by atoms with van der Waals surface area (Å²) in [4.78, 5) is 10.6. The molecule has 0 radical (unpaired) electrons.